The molecule has 0 atom stereocenters. The molecular formula is C25H16F3N2O3. The summed E-state index contributed by atoms with van der Waals surface area (Å²) < 4.78 is 48.9. The number of amides is 1. The van der Waals surface area contributed by atoms with E-state index in [2.05, 4.69) is 10.8 Å². The van der Waals surface area contributed by atoms with E-state index in [1.54, 1.807) is 42.7 Å². The van der Waals surface area contributed by atoms with Crippen molar-refractivity contribution in [3.8, 4) is 17.1 Å². The van der Waals surface area contributed by atoms with Gasteiger partial charge in [0.15, 0.2) is 0 Å². The van der Waals surface area contributed by atoms with E-state index in [0.29, 0.717) is 28.6 Å². The lowest BCUT2D eigenvalue weighted by Crippen LogP contribution is -2.17. The van der Waals surface area contributed by atoms with Gasteiger partial charge in [-0.1, -0.05) is 18.2 Å². The fourth-order valence-electron chi connectivity index (χ4n) is 4.00. The number of carbonyl (C=O) groups excluding carboxylic acids is 1. The van der Waals surface area contributed by atoms with Gasteiger partial charge in [-0.3, -0.25) is 4.79 Å². The Bertz CT molecular complexity index is 1470. The number of primary amides is 1. The summed E-state index contributed by atoms with van der Waals surface area (Å²) in [5.41, 5.74) is 9.07. The summed E-state index contributed by atoms with van der Waals surface area (Å²) in [5, 5.41) is 1.38. The number of hydrogen-bond donors (Lipinski definition) is 1. The smallest absolute Gasteiger partial charge is 0.464 e. The molecule has 33 heavy (non-hydrogen) atoms. The van der Waals surface area contributed by atoms with Gasteiger partial charge in [0.2, 0.25) is 5.91 Å². The Morgan fingerprint density at radius 2 is 1.85 bits per heavy atom. The van der Waals surface area contributed by atoms with E-state index in [1.165, 1.54) is 12.1 Å². The average Bonchev–Trinajstić information content (AvgIpc) is 3.41. The summed E-state index contributed by atoms with van der Waals surface area (Å²) in [5.74, 6) is -0.191. The van der Waals surface area contributed by atoms with Crippen molar-refractivity contribution in [2.24, 2.45) is 5.73 Å². The van der Waals surface area contributed by atoms with Crippen LogP contribution in [0.2, 0.25) is 0 Å². The van der Waals surface area contributed by atoms with E-state index >= 15 is 0 Å². The maximum absolute atomic E-state index is 12.5. The van der Waals surface area contributed by atoms with Gasteiger partial charge in [0.25, 0.3) is 0 Å². The molecule has 0 aliphatic heterocycles. The van der Waals surface area contributed by atoms with Crippen molar-refractivity contribution in [2.75, 3.05) is 0 Å². The molecule has 0 saturated carbocycles. The highest BCUT2D eigenvalue weighted by atomic mass is 19.4. The highest BCUT2D eigenvalue weighted by Gasteiger charge is 2.31. The van der Waals surface area contributed by atoms with Crippen molar-refractivity contribution in [1.82, 2.24) is 4.57 Å². The minimum absolute atomic E-state index is 0.294. The number of rotatable bonds is 5. The minimum atomic E-state index is -4.75. The molecule has 0 saturated heterocycles. The number of furan rings is 1. The van der Waals surface area contributed by atoms with Crippen molar-refractivity contribution >= 4 is 27.7 Å². The molecular weight excluding hydrogens is 433 g/mol. The Morgan fingerprint density at radius 1 is 1.06 bits per heavy atom. The molecule has 0 spiro atoms. The number of ether oxygens (including phenoxy) is 1. The van der Waals surface area contributed by atoms with E-state index in [4.69, 9.17) is 10.2 Å². The third kappa shape index (κ3) is 3.91. The molecule has 8 heteroatoms. The Balaban J connectivity index is 1.66. The van der Waals surface area contributed by atoms with Crippen molar-refractivity contribution in [3.05, 3.63) is 90.2 Å². The first kappa shape index (κ1) is 20.7. The summed E-state index contributed by atoms with van der Waals surface area (Å²) in [7, 11) is 0. The van der Waals surface area contributed by atoms with Gasteiger partial charge in [0.1, 0.15) is 11.5 Å². The van der Waals surface area contributed by atoms with Crippen LogP contribution in [0.4, 0.5) is 13.2 Å². The molecule has 0 bridgehead atoms. The quantitative estimate of drug-likeness (QED) is 0.363. The van der Waals surface area contributed by atoms with E-state index in [9.17, 15) is 18.0 Å². The molecule has 3 aromatic carbocycles. The van der Waals surface area contributed by atoms with Crippen LogP contribution in [0.25, 0.3) is 33.1 Å². The number of alkyl halides is 3. The standard InChI is InChI=1S/C25H16F3N2O3/c26-25(27,28)33-17-9-6-15(7-10-17)14-30-20-4-1-3-19(24(29)31)23(20)18-11-8-16(13-21(18)30)22-5-2-12-32-22/h1-10,12-13H,14H2,(H2,29,31). The zero-order chi connectivity index (χ0) is 23.2. The van der Waals surface area contributed by atoms with E-state index in [0.717, 1.165) is 22.2 Å². The lowest BCUT2D eigenvalue weighted by molar-refractivity contribution is -0.274. The van der Waals surface area contributed by atoms with Crippen LogP contribution in [0.3, 0.4) is 0 Å². The molecule has 1 amide bonds. The molecule has 0 aliphatic carbocycles. The minimum Gasteiger partial charge on any atom is -0.464 e. The average molecular weight is 449 g/mol. The number of nitrogens with two attached hydrogens (primary N) is 1. The summed E-state index contributed by atoms with van der Waals surface area (Å²) in [6.45, 7) is 0.337. The lowest BCUT2D eigenvalue weighted by atomic mass is 10.0. The number of hydrogen-bond acceptors (Lipinski definition) is 3. The normalized spacial score (nSPS) is 11.8. The van der Waals surface area contributed by atoms with Crippen LogP contribution in [0, 0.1) is 6.07 Å². The Morgan fingerprint density at radius 3 is 2.52 bits per heavy atom. The highest BCUT2D eigenvalue weighted by Crippen LogP contribution is 2.35. The van der Waals surface area contributed by atoms with Crippen molar-refractivity contribution < 1.29 is 27.1 Å². The maximum atomic E-state index is 12.5. The molecule has 0 aliphatic rings. The number of carbonyl (C=O) groups is 1. The molecule has 5 nitrogen and oxygen atoms in total. The molecule has 2 aromatic heterocycles. The Hall–Kier alpha value is -4.20. The number of halogens is 3. The molecule has 5 rings (SSSR count). The van der Waals surface area contributed by atoms with Gasteiger partial charge in [-0.15, -0.1) is 13.2 Å². The van der Waals surface area contributed by atoms with Gasteiger partial charge >= 0.3 is 6.36 Å². The van der Waals surface area contributed by atoms with E-state index in [1.807, 2.05) is 22.8 Å². The summed E-state index contributed by atoms with van der Waals surface area (Å²) in [6, 6.07) is 21.5. The van der Waals surface area contributed by atoms with Gasteiger partial charge in [0, 0.05) is 28.4 Å². The molecule has 2 heterocycles. The largest absolute Gasteiger partial charge is 0.573 e. The fourth-order valence-corrected chi connectivity index (χ4v) is 4.00. The second kappa shape index (κ2) is 7.74. The summed E-state index contributed by atoms with van der Waals surface area (Å²) >= 11 is 0. The first-order valence-electron chi connectivity index (χ1n) is 9.95. The molecule has 2 N–H and O–H groups in total. The highest BCUT2D eigenvalue weighted by molar-refractivity contribution is 6.18. The van der Waals surface area contributed by atoms with Gasteiger partial charge in [0.05, 0.1) is 17.3 Å². The predicted molar refractivity (Wildman–Crippen MR) is 117 cm³/mol. The molecule has 165 valence electrons. The third-order valence-corrected chi connectivity index (χ3v) is 5.36. The maximum Gasteiger partial charge on any atom is 0.573 e. The second-order valence-electron chi connectivity index (χ2n) is 7.47. The molecule has 0 fully saturated rings. The van der Waals surface area contributed by atoms with E-state index < -0.39 is 12.3 Å². The molecule has 5 aromatic rings. The predicted octanol–water partition coefficient (Wildman–Crippen LogP) is 5.90. The van der Waals surface area contributed by atoms with Crippen LogP contribution in [0.1, 0.15) is 15.9 Å². The van der Waals surface area contributed by atoms with Gasteiger partial charge in [-0.2, -0.15) is 0 Å². The number of aromatic nitrogens is 1. The Kier molecular flexibility index (Phi) is 4.85. The second-order valence-corrected chi connectivity index (χ2v) is 7.47. The van der Waals surface area contributed by atoms with Crippen LogP contribution >= 0.6 is 0 Å². The van der Waals surface area contributed by atoms with Crippen molar-refractivity contribution in [3.63, 3.8) is 0 Å². The van der Waals surface area contributed by atoms with Gasteiger partial charge in [-0.05, 0) is 60.2 Å². The number of fused-ring (bicyclic) bond motifs is 3. The van der Waals surface area contributed by atoms with Crippen LogP contribution < -0.4 is 10.5 Å². The zero-order valence-electron chi connectivity index (χ0n) is 17.0. The monoisotopic (exact) mass is 449 g/mol. The van der Waals surface area contributed by atoms with Crippen molar-refractivity contribution in [2.45, 2.75) is 12.9 Å². The number of benzene rings is 3. The van der Waals surface area contributed by atoms with Crippen LogP contribution in [0.5, 0.6) is 5.75 Å². The number of nitrogens with zero attached hydrogens (tertiary/aromatic N) is 1. The fraction of sp³-hybridized carbons (Fsp3) is 0.0800. The van der Waals surface area contributed by atoms with Crippen LogP contribution in [-0.2, 0) is 6.54 Å². The third-order valence-electron chi connectivity index (χ3n) is 5.36. The zero-order valence-corrected chi connectivity index (χ0v) is 17.0. The topological polar surface area (TPSA) is 70.4 Å². The first-order chi connectivity index (χ1) is 15.8. The molecule has 0 unspecified atom stereocenters. The summed E-state index contributed by atoms with van der Waals surface area (Å²) in [4.78, 5) is 12.1. The van der Waals surface area contributed by atoms with Crippen LogP contribution in [-0.4, -0.2) is 16.8 Å². The van der Waals surface area contributed by atoms with Gasteiger partial charge in [-0.25, -0.2) is 0 Å². The lowest BCUT2D eigenvalue weighted by Gasteiger charge is -2.11. The summed E-state index contributed by atoms with van der Waals surface area (Å²) in [6.07, 6.45) is -3.18. The van der Waals surface area contributed by atoms with Crippen molar-refractivity contribution in [1.29, 1.82) is 0 Å². The van der Waals surface area contributed by atoms with Gasteiger partial charge < -0.3 is 19.5 Å². The molecule has 1 radical (unpaired) electrons. The van der Waals surface area contributed by atoms with E-state index in [-0.39, 0.29) is 5.75 Å². The SMILES string of the molecule is NC(=O)c1cccc2c1c1[c]cc(-c3ccco3)cc1n2Cc1ccc(OC(F)(F)F)cc1. The Labute approximate surface area is 185 Å². The first-order valence-corrected chi connectivity index (χ1v) is 9.95. The van der Waals surface area contributed by atoms with Crippen LogP contribution in [0.15, 0.2) is 77.4 Å².